The van der Waals surface area contributed by atoms with Gasteiger partial charge in [-0.05, 0) is 31.1 Å². The molecule has 5 heteroatoms. The van der Waals surface area contributed by atoms with Crippen LogP contribution in [0.1, 0.15) is 18.4 Å². The number of rotatable bonds is 5. The van der Waals surface area contributed by atoms with E-state index in [4.69, 9.17) is 0 Å². The fourth-order valence-corrected chi connectivity index (χ4v) is 3.37. The molecule has 0 aliphatic carbocycles. The normalized spacial score (nSPS) is 15.9. The molecule has 1 aliphatic rings. The number of aldehydes is 1. The molecule has 0 radical (unpaired) electrons. The van der Waals surface area contributed by atoms with E-state index in [0.29, 0.717) is 30.8 Å². The molecule has 1 aliphatic heterocycles. The van der Waals surface area contributed by atoms with E-state index in [0.717, 1.165) is 17.4 Å². The second-order valence-corrected chi connectivity index (χ2v) is 6.63. The molecule has 0 atom stereocenters. The zero-order chi connectivity index (χ0) is 13.9. The summed E-state index contributed by atoms with van der Waals surface area (Å²) in [5, 5.41) is 0. The molecule has 2 rings (SSSR count). The minimum Gasteiger partial charge on any atom is -0.303 e. The van der Waals surface area contributed by atoms with Gasteiger partial charge in [-0.25, -0.2) is 8.42 Å². The highest BCUT2D eigenvalue weighted by molar-refractivity contribution is 7.89. The lowest BCUT2D eigenvalue weighted by molar-refractivity contribution is -0.107. The first kappa shape index (κ1) is 14.0. The second-order valence-electron chi connectivity index (χ2n) is 4.69. The van der Waals surface area contributed by atoms with Crippen LogP contribution in [0.25, 0.3) is 0 Å². The number of allylic oxidation sites excluding steroid dienone is 1. The Balaban J connectivity index is 2.02. The minimum atomic E-state index is -3.36. The number of aryl methyl sites for hydroxylation is 1. The van der Waals surface area contributed by atoms with E-state index in [1.165, 1.54) is 4.31 Å². The number of hydrogen-bond donors (Lipinski definition) is 0. The van der Waals surface area contributed by atoms with Gasteiger partial charge < -0.3 is 4.79 Å². The number of unbranched alkanes of at least 4 members (excludes halogenated alkanes) is 1. The predicted octanol–water partition coefficient (Wildman–Crippen LogP) is 1.90. The largest absolute Gasteiger partial charge is 0.303 e. The van der Waals surface area contributed by atoms with Crippen molar-refractivity contribution in [1.29, 1.82) is 0 Å². The van der Waals surface area contributed by atoms with Gasteiger partial charge >= 0.3 is 0 Å². The van der Waals surface area contributed by atoms with Crippen LogP contribution in [0.4, 0.5) is 0 Å². The molecule has 1 fully saturated rings. The summed E-state index contributed by atoms with van der Waals surface area (Å²) in [6, 6.07) is 6.87. The number of carbonyl (C=O) groups excluding carboxylic acids is 1. The molecular weight excluding hydrogens is 262 g/mol. The van der Waals surface area contributed by atoms with Gasteiger partial charge in [0, 0.05) is 19.5 Å². The van der Waals surface area contributed by atoms with Crippen LogP contribution in [-0.2, 0) is 14.8 Å². The Bertz CT molecular complexity index is 580. The number of sulfonamides is 1. The molecule has 1 aromatic rings. The molecule has 0 aromatic heterocycles. The van der Waals surface area contributed by atoms with Crippen LogP contribution in [0, 0.1) is 6.92 Å². The van der Waals surface area contributed by atoms with E-state index in [9.17, 15) is 13.2 Å². The summed E-state index contributed by atoms with van der Waals surface area (Å²) in [6.07, 6.45) is 4.01. The van der Waals surface area contributed by atoms with Gasteiger partial charge in [0.15, 0.2) is 0 Å². The second kappa shape index (κ2) is 5.67. The van der Waals surface area contributed by atoms with Crippen molar-refractivity contribution in [2.45, 2.75) is 24.7 Å². The molecule has 0 N–H and O–H groups in total. The van der Waals surface area contributed by atoms with Crippen molar-refractivity contribution in [3.8, 4) is 0 Å². The van der Waals surface area contributed by atoms with Crippen LogP contribution in [0.15, 0.2) is 40.8 Å². The summed E-state index contributed by atoms with van der Waals surface area (Å²) in [4.78, 5) is 10.5. The van der Waals surface area contributed by atoms with Crippen LogP contribution in [0.2, 0.25) is 0 Å². The van der Waals surface area contributed by atoms with Gasteiger partial charge in [-0.2, -0.15) is 4.31 Å². The van der Waals surface area contributed by atoms with Gasteiger partial charge in [-0.3, -0.25) is 0 Å². The fourth-order valence-electron chi connectivity index (χ4n) is 1.92. The maximum atomic E-state index is 12.2. The first-order chi connectivity index (χ1) is 9.04. The molecule has 0 saturated carbocycles. The third-order valence-electron chi connectivity index (χ3n) is 3.14. The van der Waals surface area contributed by atoms with Gasteiger partial charge in [0.05, 0.1) is 4.90 Å². The Hall–Kier alpha value is -1.46. The van der Waals surface area contributed by atoms with Gasteiger partial charge in [-0.15, -0.1) is 0 Å². The smallest absolute Gasteiger partial charge is 0.243 e. The Morgan fingerprint density at radius 2 is 1.79 bits per heavy atom. The molecule has 0 amide bonds. The maximum Gasteiger partial charge on any atom is 0.243 e. The van der Waals surface area contributed by atoms with E-state index in [1.54, 1.807) is 24.3 Å². The Morgan fingerprint density at radius 1 is 1.16 bits per heavy atom. The molecule has 1 heterocycles. The highest BCUT2D eigenvalue weighted by Gasteiger charge is 2.32. The quantitative estimate of drug-likeness (QED) is 0.470. The van der Waals surface area contributed by atoms with Crippen LogP contribution >= 0.6 is 0 Å². The molecule has 0 bridgehead atoms. The lowest BCUT2D eigenvalue weighted by Gasteiger charge is -2.33. The first-order valence-corrected chi connectivity index (χ1v) is 7.66. The Morgan fingerprint density at radius 3 is 2.37 bits per heavy atom. The van der Waals surface area contributed by atoms with Crippen LogP contribution < -0.4 is 0 Å². The number of hydrogen-bond acceptors (Lipinski definition) is 3. The zero-order valence-electron chi connectivity index (χ0n) is 10.9. The molecular formula is C14H17NO3S. The molecule has 1 saturated heterocycles. The maximum absolute atomic E-state index is 12.2. The average molecular weight is 279 g/mol. The number of carbonyl (C=O) groups is 1. The summed E-state index contributed by atoms with van der Waals surface area (Å²) >= 11 is 0. The zero-order valence-corrected chi connectivity index (χ0v) is 11.7. The van der Waals surface area contributed by atoms with Gasteiger partial charge in [0.2, 0.25) is 10.0 Å². The molecule has 4 nitrogen and oxygen atoms in total. The number of benzene rings is 1. The van der Waals surface area contributed by atoms with Crippen molar-refractivity contribution in [2.24, 2.45) is 0 Å². The molecule has 0 spiro atoms. The van der Waals surface area contributed by atoms with E-state index < -0.39 is 10.0 Å². The summed E-state index contributed by atoms with van der Waals surface area (Å²) in [5.74, 6) is 0. The first-order valence-electron chi connectivity index (χ1n) is 6.22. The van der Waals surface area contributed by atoms with Gasteiger partial charge in [0.1, 0.15) is 6.29 Å². The molecule has 19 heavy (non-hydrogen) atoms. The highest BCUT2D eigenvalue weighted by Crippen LogP contribution is 2.25. The molecule has 0 unspecified atom stereocenters. The van der Waals surface area contributed by atoms with Crippen molar-refractivity contribution in [3.63, 3.8) is 0 Å². The topological polar surface area (TPSA) is 54.5 Å². The third kappa shape index (κ3) is 3.11. The highest BCUT2D eigenvalue weighted by atomic mass is 32.2. The van der Waals surface area contributed by atoms with E-state index >= 15 is 0 Å². The van der Waals surface area contributed by atoms with Crippen molar-refractivity contribution >= 4 is 16.3 Å². The average Bonchev–Trinajstić information content (AvgIpc) is 2.32. The van der Waals surface area contributed by atoms with Crippen molar-refractivity contribution in [1.82, 2.24) is 4.31 Å². The summed E-state index contributed by atoms with van der Waals surface area (Å²) < 4.78 is 25.9. The van der Waals surface area contributed by atoms with Gasteiger partial charge in [0.25, 0.3) is 0 Å². The summed E-state index contributed by atoms with van der Waals surface area (Å²) in [7, 11) is -3.36. The van der Waals surface area contributed by atoms with Gasteiger partial charge in [-0.1, -0.05) is 23.8 Å². The molecule has 1 aromatic carbocycles. The number of nitrogens with zero attached hydrogens (tertiary/aromatic N) is 1. The Kier molecular flexibility index (Phi) is 4.17. The van der Waals surface area contributed by atoms with E-state index in [2.05, 4.69) is 0 Å². The lowest BCUT2D eigenvalue weighted by atomic mass is 10.1. The standard InChI is InChI=1S/C14H17NO3S/c1-12-5-7-14(8-6-12)19(17,18)15-10-13(11-15)4-2-3-9-16/h4-9H,2-3,10-11H2,1H3. The van der Waals surface area contributed by atoms with Crippen LogP contribution in [0.3, 0.4) is 0 Å². The van der Waals surface area contributed by atoms with Crippen LogP contribution in [0.5, 0.6) is 0 Å². The summed E-state index contributed by atoms with van der Waals surface area (Å²) in [5.41, 5.74) is 2.12. The lowest BCUT2D eigenvalue weighted by Crippen LogP contribution is -2.44. The SMILES string of the molecule is Cc1ccc(S(=O)(=O)N2CC(=CCCC=O)C2)cc1. The Labute approximate surface area is 113 Å². The van der Waals surface area contributed by atoms with Crippen molar-refractivity contribution < 1.29 is 13.2 Å². The van der Waals surface area contributed by atoms with Crippen molar-refractivity contribution in [3.05, 3.63) is 41.5 Å². The summed E-state index contributed by atoms with van der Waals surface area (Å²) in [6.45, 7) is 2.80. The molecule has 102 valence electrons. The van der Waals surface area contributed by atoms with E-state index in [1.807, 2.05) is 13.0 Å². The predicted molar refractivity (Wildman–Crippen MR) is 73.3 cm³/mol. The van der Waals surface area contributed by atoms with Crippen LogP contribution in [-0.4, -0.2) is 32.1 Å². The minimum absolute atomic E-state index is 0.338. The van der Waals surface area contributed by atoms with Crippen molar-refractivity contribution in [2.75, 3.05) is 13.1 Å². The van der Waals surface area contributed by atoms with E-state index in [-0.39, 0.29) is 0 Å². The monoisotopic (exact) mass is 279 g/mol. The third-order valence-corrected chi connectivity index (χ3v) is 4.94. The fraction of sp³-hybridized carbons (Fsp3) is 0.357.